The van der Waals surface area contributed by atoms with Gasteiger partial charge in [-0.15, -0.1) is 0 Å². The van der Waals surface area contributed by atoms with Crippen molar-refractivity contribution < 1.29 is 4.79 Å². The van der Waals surface area contributed by atoms with Crippen molar-refractivity contribution in [2.75, 3.05) is 5.32 Å². The van der Waals surface area contributed by atoms with Gasteiger partial charge in [0.1, 0.15) is 5.69 Å². The van der Waals surface area contributed by atoms with E-state index in [2.05, 4.69) is 47.7 Å². The van der Waals surface area contributed by atoms with Crippen LogP contribution in [0.25, 0.3) is 0 Å². The van der Waals surface area contributed by atoms with Crippen LogP contribution in [0.5, 0.6) is 0 Å². The van der Waals surface area contributed by atoms with Gasteiger partial charge in [-0.2, -0.15) is 0 Å². The molecular formula is C21H21N3O. The molecule has 0 aliphatic rings. The Morgan fingerprint density at radius 2 is 1.80 bits per heavy atom. The van der Waals surface area contributed by atoms with E-state index in [0.29, 0.717) is 12.2 Å². The van der Waals surface area contributed by atoms with Gasteiger partial charge in [0.25, 0.3) is 5.91 Å². The van der Waals surface area contributed by atoms with Crippen LogP contribution >= 0.6 is 0 Å². The van der Waals surface area contributed by atoms with Crippen molar-refractivity contribution in [1.82, 2.24) is 10.3 Å². The van der Waals surface area contributed by atoms with E-state index in [4.69, 9.17) is 0 Å². The quantitative estimate of drug-likeness (QED) is 0.730. The summed E-state index contributed by atoms with van der Waals surface area (Å²) in [5.41, 5.74) is 5.66. The predicted molar refractivity (Wildman–Crippen MR) is 101 cm³/mol. The zero-order chi connectivity index (χ0) is 17.6. The Kier molecular flexibility index (Phi) is 5.09. The monoisotopic (exact) mass is 331 g/mol. The molecule has 0 unspecified atom stereocenters. The van der Waals surface area contributed by atoms with Gasteiger partial charge in [0.15, 0.2) is 0 Å². The number of pyridine rings is 1. The fourth-order valence-corrected chi connectivity index (χ4v) is 2.53. The van der Waals surface area contributed by atoms with Crippen LogP contribution in [0, 0.1) is 13.8 Å². The number of aryl methyl sites for hydroxylation is 2. The highest BCUT2D eigenvalue weighted by molar-refractivity contribution is 5.93. The predicted octanol–water partition coefficient (Wildman–Crippen LogP) is 4.37. The molecule has 0 fully saturated rings. The number of carbonyl (C=O) groups is 1. The summed E-state index contributed by atoms with van der Waals surface area (Å²) >= 11 is 0. The molecule has 1 aromatic heterocycles. The second kappa shape index (κ2) is 7.62. The summed E-state index contributed by atoms with van der Waals surface area (Å²) in [4.78, 5) is 16.5. The number of hydrogen-bond donors (Lipinski definition) is 2. The number of hydrogen-bond acceptors (Lipinski definition) is 3. The third-order valence-corrected chi connectivity index (χ3v) is 3.96. The molecule has 4 heteroatoms. The number of amides is 1. The number of aromatic nitrogens is 1. The van der Waals surface area contributed by atoms with Crippen molar-refractivity contribution in [2.45, 2.75) is 20.4 Å². The summed E-state index contributed by atoms with van der Waals surface area (Å²) < 4.78 is 0. The molecule has 4 nitrogen and oxygen atoms in total. The molecule has 0 aliphatic carbocycles. The Bertz CT molecular complexity index is 875. The molecule has 0 aliphatic heterocycles. The minimum Gasteiger partial charge on any atom is -0.355 e. The van der Waals surface area contributed by atoms with E-state index in [9.17, 15) is 4.79 Å². The highest BCUT2D eigenvalue weighted by Gasteiger charge is 2.08. The van der Waals surface area contributed by atoms with E-state index in [-0.39, 0.29) is 5.91 Å². The molecule has 0 bridgehead atoms. The van der Waals surface area contributed by atoms with Crippen LogP contribution < -0.4 is 10.6 Å². The van der Waals surface area contributed by atoms with E-state index in [0.717, 1.165) is 22.5 Å². The molecule has 0 radical (unpaired) electrons. The Labute approximate surface area is 147 Å². The first kappa shape index (κ1) is 16.7. The minimum absolute atomic E-state index is 0.187. The van der Waals surface area contributed by atoms with Crippen LogP contribution in [0.4, 0.5) is 11.4 Å². The summed E-state index contributed by atoms with van der Waals surface area (Å²) in [6, 6.07) is 19.7. The molecular weight excluding hydrogens is 310 g/mol. The molecule has 0 spiro atoms. The van der Waals surface area contributed by atoms with Crippen molar-refractivity contribution >= 4 is 17.3 Å². The van der Waals surface area contributed by atoms with Gasteiger partial charge in [-0.05, 0) is 48.7 Å². The van der Waals surface area contributed by atoms with E-state index >= 15 is 0 Å². The highest BCUT2D eigenvalue weighted by atomic mass is 16.1. The molecule has 3 rings (SSSR count). The summed E-state index contributed by atoms with van der Waals surface area (Å²) in [6.07, 6.45) is 1.64. The van der Waals surface area contributed by atoms with Crippen LogP contribution in [0.1, 0.15) is 27.2 Å². The molecule has 2 N–H and O–H groups in total. The SMILES string of the molecule is Cc1ccc(C)c(Nc2ccnc(C(=O)NCc3ccccc3)c2)c1. The van der Waals surface area contributed by atoms with Gasteiger partial charge in [-0.25, -0.2) is 0 Å². The topological polar surface area (TPSA) is 54.0 Å². The van der Waals surface area contributed by atoms with Crippen molar-refractivity contribution in [2.24, 2.45) is 0 Å². The summed E-state index contributed by atoms with van der Waals surface area (Å²) in [7, 11) is 0. The van der Waals surface area contributed by atoms with Gasteiger partial charge in [0.05, 0.1) is 0 Å². The average molecular weight is 331 g/mol. The lowest BCUT2D eigenvalue weighted by atomic mass is 10.1. The number of benzene rings is 2. The Balaban J connectivity index is 1.70. The molecule has 1 heterocycles. The molecule has 0 saturated heterocycles. The van der Waals surface area contributed by atoms with Gasteiger partial charge in [-0.3, -0.25) is 9.78 Å². The third-order valence-electron chi connectivity index (χ3n) is 3.96. The summed E-state index contributed by atoms with van der Waals surface area (Å²) in [5.74, 6) is -0.187. The van der Waals surface area contributed by atoms with Crippen molar-refractivity contribution in [3.8, 4) is 0 Å². The first-order valence-corrected chi connectivity index (χ1v) is 8.24. The van der Waals surface area contributed by atoms with Crippen LogP contribution in [-0.4, -0.2) is 10.9 Å². The van der Waals surface area contributed by atoms with Gasteiger partial charge in [0.2, 0.25) is 0 Å². The van der Waals surface area contributed by atoms with Gasteiger partial charge in [-0.1, -0.05) is 42.5 Å². The lowest BCUT2D eigenvalue weighted by molar-refractivity contribution is 0.0946. The second-order valence-electron chi connectivity index (χ2n) is 6.04. The lowest BCUT2D eigenvalue weighted by Gasteiger charge is -2.11. The average Bonchev–Trinajstić information content (AvgIpc) is 2.64. The van der Waals surface area contributed by atoms with E-state index in [1.54, 1.807) is 12.3 Å². The molecule has 126 valence electrons. The highest BCUT2D eigenvalue weighted by Crippen LogP contribution is 2.21. The van der Waals surface area contributed by atoms with Crippen molar-refractivity contribution in [3.63, 3.8) is 0 Å². The summed E-state index contributed by atoms with van der Waals surface area (Å²) in [5, 5.41) is 6.26. The van der Waals surface area contributed by atoms with E-state index < -0.39 is 0 Å². The molecule has 2 aromatic carbocycles. The van der Waals surface area contributed by atoms with Crippen LogP contribution in [0.3, 0.4) is 0 Å². The Morgan fingerprint density at radius 1 is 1.00 bits per heavy atom. The smallest absolute Gasteiger partial charge is 0.270 e. The number of anilines is 2. The first-order chi connectivity index (χ1) is 12.1. The molecule has 0 saturated carbocycles. The largest absolute Gasteiger partial charge is 0.355 e. The van der Waals surface area contributed by atoms with Gasteiger partial charge in [0, 0.05) is 24.1 Å². The number of carbonyl (C=O) groups excluding carboxylic acids is 1. The third kappa shape index (κ3) is 4.44. The van der Waals surface area contributed by atoms with Crippen LogP contribution in [0.15, 0.2) is 66.9 Å². The minimum atomic E-state index is -0.187. The van der Waals surface area contributed by atoms with E-state index in [1.807, 2.05) is 36.4 Å². The molecule has 1 amide bonds. The normalized spacial score (nSPS) is 10.3. The van der Waals surface area contributed by atoms with Crippen LogP contribution in [0.2, 0.25) is 0 Å². The lowest BCUT2D eigenvalue weighted by Crippen LogP contribution is -2.23. The second-order valence-corrected chi connectivity index (χ2v) is 6.04. The number of nitrogens with zero attached hydrogens (tertiary/aromatic N) is 1. The fraction of sp³-hybridized carbons (Fsp3) is 0.143. The zero-order valence-corrected chi connectivity index (χ0v) is 14.4. The van der Waals surface area contributed by atoms with Crippen molar-refractivity contribution in [1.29, 1.82) is 0 Å². The fourth-order valence-electron chi connectivity index (χ4n) is 2.53. The zero-order valence-electron chi connectivity index (χ0n) is 14.4. The molecule has 0 atom stereocenters. The summed E-state index contributed by atoms with van der Waals surface area (Å²) in [6.45, 7) is 4.59. The number of nitrogens with one attached hydrogen (secondary N) is 2. The van der Waals surface area contributed by atoms with Gasteiger partial charge >= 0.3 is 0 Å². The van der Waals surface area contributed by atoms with E-state index in [1.165, 1.54) is 5.56 Å². The van der Waals surface area contributed by atoms with Gasteiger partial charge < -0.3 is 10.6 Å². The maximum Gasteiger partial charge on any atom is 0.270 e. The molecule has 3 aromatic rings. The van der Waals surface area contributed by atoms with Crippen molar-refractivity contribution in [3.05, 3.63) is 89.2 Å². The maximum absolute atomic E-state index is 12.3. The Morgan fingerprint density at radius 3 is 2.60 bits per heavy atom. The Hall–Kier alpha value is -3.14. The van der Waals surface area contributed by atoms with Crippen LogP contribution in [-0.2, 0) is 6.54 Å². The number of rotatable bonds is 5. The molecule has 25 heavy (non-hydrogen) atoms. The standard InChI is InChI=1S/C21H21N3O/c1-15-8-9-16(2)19(12-15)24-18-10-11-22-20(13-18)21(25)23-14-17-6-4-3-5-7-17/h3-13H,14H2,1-2H3,(H,22,24)(H,23,25). The maximum atomic E-state index is 12.3. The first-order valence-electron chi connectivity index (χ1n) is 8.24.